The summed E-state index contributed by atoms with van der Waals surface area (Å²) in [5, 5.41) is 8.36. The minimum Gasteiger partial charge on any atom is -0.493 e. The first kappa shape index (κ1) is 15.5. The van der Waals surface area contributed by atoms with Gasteiger partial charge in [0.15, 0.2) is 17.3 Å². The van der Waals surface area contributed by atoms with Crippen LogP contribution in [0.25, 0.3) is 0 Å². The SMILES string of the molecule is COc1cc(C(N)CCC(=O)O)c(F)c(Cl)c1OC. The first-order valence-electron chi connectivity index (χ1n) is 5.49. The molecule has 19 heavy (non-hydrogen) atoms. The van der Waals surface area contributed by atoms with Gasteiger partial charge in [-0.1, -0.05) is 11.6 Å². The molecule has 0 aliphatic carbocycles. The highest BCUT2D eigenvalue weighted by Gasteiger charge is 2.22. The predicted molar refractivity (Wildman–Crippen MR) is 68.3 cm³/mol. The number of carboxylic acid groups (broad SMARTS) is 1. The molecule has 0 saturated heterocycles. The van der Waals surface area contributed by atoms with Crippen molar-refractivity contribution in [1.29, 1.82) is 0 Å². The molecule has 1 aromatic rings. The Morgan fingerprint density at radius 2 is 2.16 bits per heavy atom. The maximum absolute atomic E-state index is 14.0. The quantitative estimate of drug-likeness (QED) is 0.841. The van der Waals surface area contributed by atoms with E-state index < -0.39 is 17.8 Å². The van der Waals surface area contributed by atoms with Gasteiger partial charge in [-0.2, -0.15) is 0 Å². The summed E-state index contributed by atoms with van der Waals surface area (Å²) < 4.78 is 24.0. The number of carboxylic acids is 1. The summed E-state index contributed by atoms with van der Waals surface area (Å²) >= 11 is 5.84. The third-order valence-electron chi connectivity index (χ3n) is 2.65. The molecule has 0 aromatic heterocycles. The van der Waals surface area contributed by atoms with Crippen molar-refractivity contribution in [3.8, 4) is 11.5 Å². The van der Waals surface area contributed by atoms with Gasteiger partial charge in [0.25, 0.3) is 0 Å². The highest BCUT2D eigenvalue weighted by Crippen LogP contribution is 2.40. The van der Waals surface area contributed by atoms with Gasteiger partial charge in [-0.15, -0.1) is 0 Å². The zero-order valence-electron chi connectivity index (χ0n) is 10.6. The van der Waals surface area contributed by atoms with Gasteiger partial charge in [-0.3, -0.25) is 4.79 Å². The van der Waals surface area contributed by atoms with E-state index in [4.69, 9.17) is 31.9 Å². The second kappa shape index (κ2) is 6.58. The number of aliphatic carboxylic acids is 1. The maximum Gasteiger partial charge on any atom is 0.303 e. The van der Waals surface area contributed by atoms with Crippen LogP contribution in [-0.2, 0) is 4.79 Å². The summed E-state index contributed by atoms with van der Waals surface area (Å²) in [5.74, 6) is -1.40. The fourth-order valence-electron chi connectivity index (χ4n) is 1.65. The number of ether oxygens (including phenoxy) is 2. The lowest BCUT2D eigenvalue weighted by atomic mass is 10.0. The summed E-state index contributed by atoms with van der Waals surface area (Å²) in [6.07, 6.45) is -0.0648. The molecule has 106 valence electrons. The Bertz CT molecular complexity index is 481. The standard InChI is InChI=1S/C12H15ClFNO4/c1-18-8-5-6(7(15)3-4-9(16)17)11(14)10(13)12(8)19-2/h5,7H,3-4,15H2,1-2H3,(H,16,17). The lowest BCUT2D eigenvalue weighted by molar-refractivity contribution is -0.137. The summed E-state index contributed by atoms with van der Waals surface area (Å²) in [6.45, 7) is 0. The molecule has 7 heteroatoms. The van der Waals surface area contributed by atoms with Crippen molar-refractivity contribution in [3.63, 3.8) is 0 Å². The Morgan fingerprint density at radius 3 is 2.63 bits per heavy atom. The van der Waals surface area contributed by atoms with Crippen LogP contribution >= 0.6 is 11.6 Å². The monoisotopic (exact) mass is 291 g/mol. The van der Waals surface area contributed by atoms with Gasteiger partial charge < -0.3 is 20.3 Å². The van der Waals surface area contributed by atoms with Crippen LogP contribution in [0.2, 0.25) is 5.02 Å². The normalized spacial score (nSPS) is 12.1. The molecular formula is C12H15ClFNO4. The molecule has 1 unspecified atom stereocenters. The van der Waals surface area contributed by atoms with Crippen LogP contribution in [0, 0.1) is 5.82 Å². The fraction of sp³-hybridized carbons (Fsp3) is 0.417. The van der Waals surface area contributed by atoms with Crippen LogP contribution in [0.15, 0.2) is 6.07 Å². The van der Waals surface area contributed by atoms with Crippen molar-refractivity contribution in [1.82, 2.24) is 0 Å². The zero-order valence-corrected chi connectivity index (χ0v) is 11.3. The number of hydrogen-bond acceptors (Lipinski definition) is 4. The molecular weight excluding hydrogens is 277 g/mol. The van der Waals surface area contributed by atoms with Crippen LogP contribution in [0.4, 0.5) is 4.39 Å². The third-order valence-corrected chi connectivity index (χ3v) is 2.99. The van der Waals surface area contributed by atoms with Gasteiger partial charge in [0.05, 0.1) is 14.2 Å². The highest BCUT2D eigenvalue weighted by atomic mass is 35.5. The molecule has 0 amide bonds. The van der Waals surface area contributed by atoms with E-state index in [0.29, 0.717) is 0 Å². The number of nitrogens with two attached hydrogens (primary N) is 1. The molecule has 1 atom stereocenters. The summed E-state index contributed by atoms with van der Waals surface area (Å²) in [7, 11) is 2.73. The maximum atomic E-state index is 14.0. The Kier molecular flexibility index (Phi) is 5.38. The van der Waals surface area contributed by atoms with Gasteiger partial charge in [0, 0.05) is 18.0 Å². The van der Waals surface area contributed by atoms with E-state index >= 15 is 0 Å². The molecule has 5 nitrogen and oxygen atoms in total. The van der Waals surface area contributed by atoms with Crippen LogP contribution in [0.1, 0.15) is 24.4 Å². The van der Waals surface area contributed by atoms with Crippen molar-refractivity contribution in [2.45, 2.75) is 18.9 Å². The number of carbonyl (C=O) groups is 1. The molecule has 1 aromatic carbocycles. The first-order valence-corrected chi connectivity index (χ1v) is 5.87. The van der Waals surface area contributed by atoms with Crippen molar-refractivity contribution in [3.05, 3.63) is 22.5 Å². The van der Waals surface area contributed by atoms with E-state index in [1.807, 2.05) is 0 Å². The average Bonchev–Trinajstić information content (AvgIpc) is 2.38. The van der Waals surface area contributed by atoms with Gasteiger partial charge in [-0.25, -0.2) is 4.39 Å². The van der Waals surface area contributed by atoms with E-state index in [1.165, 1.54) is 20.3 Å². The van der Waals surface area contributed by atoms with Crippen LogP contribution in [-0.4, -0.2) is 25.3 Å². The van der Waals surface area contributed by atoms with E-state index in [2.05, 4.69) is 0 Å². The van der Waals surface area contributed by atoms with Crippen LogP contribution in [0.3, 0.4) is 0 Å². The zero-order chi connectivity index (χ0) is 14.6. The molecule has 0 aliphatic rings. The number of rotatable bonds is 6. The Labute approximate surface area is 115 Å². The van der Waals surface area contributed by atoms with Gasteiger partial charge >= 0.3 is 5.97 Å². The molecule has 0 radical (unpaired) electrons. The smallest absolute Gasteiger partial charge is 0.303 e. The van der Waals surface area contributed by atoms with Gasteiger partial charge in [-0.05, 0) is 12.5 Å². The third kappa shape index (κ3) is 3.48. The minimum atomic E-state index is -0.998. The predicted octanol–water partition coefficient (Wildman–Crippen LogP) is 2.36. The summed E-state index contributed by atoms with van der Waals surface area (Å²) in [5.41, 5.74) is 5.87. The second-order valence-corrected chi connectivity index (χ2v) is 4.25. The van der Waals surface area contributed by atoms with Gasteiger partial charge in [0.1, 0.15) is 5.02 Å². The number of benzene rings is 1. The Balaban J connectivity index is 3.14. The van der Waals surface area contributed by atoms with E-state index in [0.717, 1.165) is 0 Å². The lowest BCUT2D eigenvalue weighted by Crippen LogP contribution is -2.14. The number of hydrogen-bond donors (Lipinski definition) is 2. The molecule has 0 bridgehead atoms. The van der Waals surface area contributed by atoms with E-state index in [9.17, 15) is 9.18 Å². The molecule has 0 saturated carbocycles. The summed E-state index contributed by atoms with van der Waals surface area (Å²) in [4.78, 5) is 10.5. The molecule has 0 aliphatic heterocycles. The largest absolute Gasteiger partial charge is 0.493 e. The topological polar surface area (TPSA) is 81.8 Å². The fourth-order valence-corrected chi connectivity index (χ4v) is 1.93. The molecule has 3 N–H and O–H groups in total. The van der Waals surface area contributed by atoms with E-state index in [1.54, 1.807) is 0 Å². The summed E-state index contributed by atoms with van der Waals surface area (Å²) in [6, 6.07) is 0.584. The Morgan fingerprint density at radius 1 is 1.53 bits per heavy atom. The van der Waals surface area contributed by atoms with Crippen LogP contribution < -0.4 is 15.2 Å². The molecule has 0 heterocycles. The first-order chi connectivity index (χ1) is 8.92. The van der Waals surface area contributed by atoms with E-state index in [-0.39, 0.29) is 34.9 Å². The highest BCUT2D eigenvalue weighted by molar-refractivity contribution is 6.32. The minimum absolute atomic E-state index is 0.0795. The molecule has 1 rings (SSSR count). The number of halogens is 2. The van der Waals surface area contributed by atoms with Crippen molar-refractivity contribution in [2.75, 3.05) is 14.2 Å². The Hall–Kier alpha value is -1.53. The number of methoxy groups -OCH3 is 2. The van der Waals surface area contributed by atoms with Gasteiger partial charge in [0.2, 0.25) is 0 Å². The second-order valence-electron chi connectivity index (χ2n) is 3.87. The van der Waals surface area contributed by atoms with Crippen molar-refractivity contribution < 1.29 is 23.8 Å². The van der Waals surface area contributed by atoms with Crippen LogP contribution in [0.5, 0.6) is 11.5 Å². The van der Waals surface area contributed by atoms with Crippen molar-refractivity contribution >= 4 is 17.6 Å². The average molecular weight is 292 g/mol. The lowest BCUT2D eigenvalue weighted by Gasteiger charge is -2.17. The molecule has 0 fully saturated rings. The van der Waals surface area contributed by atoms with Crippen molar-refractivity contribution in [2.24, 2.45) is 5.73 Å². The molecule has 0 spiro atoms.